The molecule has 0 heterocycles. The van der Waals surface area contributed by atoms with Crippen LogP contribution in [0.5, 0.6) is 0 Å². The number of ketones is 3. The average Bonchev–Trinajstić information content (AvgIpc) is 1.62. The predicted molar refractivity (Wildman–Crippen MR) is 546 cm³/mol. The SMILES string of the molecule is C#CC1(c2cccc(C(C)C)c2)CC1.C=C(N)c1cc(C(C)C)ccc1F.C=C(OCC)c1cccc(C(C)C)c1F.C=C(c1cccc(C(C)C)c1F)N(C)C.CC(=O)c1cccc(C(C)C)c1F.CC(=O)c1cccc(C(C)C)c1F.CCC(=O)c1cc(C(C)C)ccc1F.COC(=O)c1cc(C(C)C)ccc1F.Cc1cc(C#N)ccc1C(C)C.Cc1cccc(C(C)C)c1C. The summed E-state index contributed by atoms with van der Waals surface area (Å²) in [6.07, 6.45) is 8.24. The van der Waals surface area contributed by atoms with Gasteiger partial charge in [0.15, 0.2) is 17.3 Å². The number of methoxy groups -OCH3 is 1. The van der Waals surface area contributed by atoms with Gasteiger partial charge in [-0.15, -0.1) is 6.42 Å². The summed E-state index contributed by atoms with van der Waals surface area (Å²) in [6.45, 7) is 65.2. The number of terminal acetylenes is 1. The van der Waals surface area contributed by atoms with Crippen molar-refractivity contribution >= 4 is 40.5 Å². The highest BCUT2D eigenvalue weighted by Crippen LogP contribution is 2.48. The van der Waals surface area contributed by atoms with Gasteiger partial charge in [0.2, 0.25) is 0 Å². The van der Waals surface area contributed by atoms with Crippen molar-refractivity contribution in [3.63, 3.8) is 0 Å². The second-order valence-corrected chi connectivity index (χ2v) is 36.5. The molecule has 0 saturated heterocycles. The summed E-state index contributed by atoms with van der Waals surface area (Å²) in [5, 5.41) is 8.64. The van der Waals surface area contributed by atoms with E-state index in [-0.39, 0.29) is 109 Å². The van der Waals surface area contributed by atoms with Gasteiger partial charge in [0.1, 0.15) is 46.5 Å². The molecule has 10 aromatic rings. The topological polar surface area (TPSA) is 140 Å². The molecule has 1 aliphatic carbocycles. The minimum atomic E-state index is -0.634. The lowest BCUT2D eigenvalue weighted by molar-refractivity contribution is 0.0594. The lowest BCUT2D eigenvalue weighted by atomic mass is 9.92. The van der Waals surface area contributed by atoms with Crippen LogP contribution in [0.3, 0.4) is 0 Å². The number of nitrogens with two attached hydrogens (primary N) is 1. The first-order chi connectivity index (χ1) is 62.7. The minimum Gasteiger partial charge on any atom is -0.494 e. The molecule has 11 rings (SSSR count). The lowest BCUT2D eigenvalue weighted by Crippen LogP contribution is -2.11. The van der Waals surface area contributed by atoms with Gasteiger partial charge < -0.3 is 20.1 Å². The van der Waals surface area contributed by atoms with Gasteiger partial charge >= 0.3 is 5.97 Å². The standard InChI is InChI=1S/C14H16.C13H18FN.C13H17FO.C12H15FO.C11H14FN.C11H13FO2.2C11H13FO.C11H13N.C11H16/c1-4-14(8-9-14)13-7-5-6-12(10-13)11(2)3;1-9(2)11-7-6-8-12(13(11)14)10(3)15(4)5;1-5-15-10(4)12-8-6-7-11(9(2)3)13(12)14;1-4-12(14)10-7-9(8(2)3)5-6-11(10)13;1-7(2)9-4-5-11(12)10(6-9)8(3)13;1-7(2)8-4-5-10(12)9(6-8)11(13)14-3;2*1-7(2)9-5-4-6-10(8(3)13)11(9)12;1-8(2)11-5-4-10(7-12)6-9(11)3;1-8(2)11-7-5-6-9(3)10(11)4/h1,5-7,10-11H,8-9H2,2-3H3;6-9H,3H2,1-2,4-5H3;6-9H,4-5H2,1-3H3;5-8H,4H2,1-3H3;4-7H,3,13H2,1-2H3;4-7H,1-3H3;2*4-7H,1-3H3;4-6,8H,1-3H3;5-8H,1-4H3. The number of nitrogens with zero attached hydrogens (tertiary/aromatic N) is 2. The van der Waals surface area contributed by atoms with E-state index in [2.05, 4.69) is 155 Å². The third-order valence-corrected chi connectivity index (χ3v) is 22.6. The van der Waals surface area contributed by atoms with Gasteiger partial charge in [-0.25, -0.2) is 35.5 Å². The Labute approximate surface area is 799 Å². The number of nitriles is 1. The summed E-state index contributed by atoms with van der Waals surface area (Å²) < 4.78 is 104. The van der Waals surface area contributed by atoms with E-state index < -0.39 is 17.6 Å². The van der Waals surface area contributed by atoms with Crippen molar-refractivity contribution < 1.29 is 59.4 Å². The van der Waals surface area contributed by atoms with Gasteiger partial charge in [0, 0.05) is 43.0 Å². The zero-order chi connectivity index (χ0) is 102. The zero-order valence-electron chi connectivity index (χ0n) is 85.3. The van der Waals surface area contributed by atoms with Crippen LogP contribution in [0.15, 0.2) is 208 Å². The summed E-state index contributed by atoms with van der Waals surface area (Å²) in [4.78, 5) is 46.3. The number of rotatable bonds is 22. The number of ether oxygens (including phenoxy) is 2. The third-order valence-electron chi connectivity index (χ3n) is 22.6. The molecule has 0 atom stereocenters. The molecule has 0 unspecified atom stereocenters. The van der Waals surface area contributed by atoms with Crippen LogP contribution >= 0.6 is 0 Å². The van der Waals surface area contributed by atoms with Gasteiger partial charge in [0.05, 0.1) is 58.6 Å². The molecule has 16 heteroatoms. The number of carbonyl (C=O) groups excluding carboxylic acids is 4. The fourth-order valence-corrected chi connectivity index (χ4v) is 13.7. The molecule has 1 saturated carbocycles. The van der Waals surface area contributed by atoms with E-state index in [1.807, 2.05) is 145 Å². The van der Waals surface area contributed by atoms with Crippen LogP contribution in [0, 0.1) is 85.2 Å². The Morgan fingerprint density at radius 3 is 1.12 bits per heavy atom. The van der Waals surface area contributed by atoms with Crippen molar-refractivity contribution in [1.29, 1.82) is 5.26 Å². The highest BCUT2D eigenvalue weighted by molar-refractivity contribution is 5.96. The second kappa shape index (κ2) is 57.4. The van der Waals surface area contributed by atoms with Crippen molar-refractivity contribution in [1.82, 2.24) is 4.90 Å². The Hall–Kier alpha value is -12.1. The van der Waals surface area contributed by atoms with Gasteiger partial charge in [-0.05, 0) is 264 Å². The van der Waals surface area contributed by atoms with Crippen molar-refractivity contribution in [2.45, 2.75) is 271 Å². The molecule has 134 heavy (non-hydrogen) atoms. The van der Waals surface area contributed by atoms with E-state index in [1.54, 1.807) is 79.7 Å². The van der Waals surface area contributed by atoms with E-state index in [4.69, 9.17) is 22.2 Å². The predicted octanol–water partition coefficient (Wildman–Crippen LogP) is 32.8. The van der Waals surface area contributed by atoms with Crippen LogP contribution < -0.4 is 5.73 Å². The number of halogens is 7. The van der Waals surface area contributed by atoms with Crippen molar-refractivity contribution in [2.24, 2.45) is 5.73 Å². The maximum absolute atomic E-state index is 14.0. The van der Waals surface area contributed by atoms with Crippen molar-refractivity contribution in [3.05, 3.63) is 371 Å². The Morgan fingerprint density at radius 2 is 0.776 bits per heavy atom. The molecular formula is C118H148F7N3O6. The maximum Gasteiger partial charge on any atom is 0.340 e. The van der Waals surface area contributed by atoms with Gasteiger partial charge in [-0.1, -0.05) is 286 Å². The third kappa shape index (κ3) is 36.7. The molecule has 720 valence electrons. The van der Waals surface area contributed by atoms with E-state index in [0.717, 1.165) is 40.7 Å². The fraction of sp³-hybridized carbons (Fsp3) is 0.381. The van der Waals surface area contributed by atoms with E-state index in [0.29, 0.717) is 87.5 Å². The number of benzene rings is 10. The molecule has 0 aliphatic heterocycles. The number of Topliss-reactive ketones (excluding diaryl/α,β-unsaturated/α-hetero) is 3. The van der Waals surface area contributed by atoms with Crippen LogP contribution in [0.2, 0.25) is 0 Å². The maximum atomic E-state index is 14.0. The number of carbonyl (C=O) groups is 4. The van der Waals surface area contributed by atoms with Crippen molar-refractivity contribution in [3.8, 4) is 18.4 Å². The molecule has 1 fully saturated rings. The van der Waals surface area contributed by atoms with Gasteiger partial charge in [-0.3, -0.25) is 14.4 Å². The number of esters is 1. The minimum absolute atomic E-state index is 0.00120. The van der Waals surface area contributed by atoms with E-state index in [9.17, 15) is 49.9 Å². The summed E-state index contributed by atoms with van der Waals surface area (Å²) in [5.74, 6) is 3.06. The molecule has 9 nitrogen and oxygen atoms in total. The highest BCUT2D eigenvalue weighted by Gasteiger charge is 2.42. The van der Waals surface area contributed by atoms with Crippen LogP contribution in [-0.2, 0) is 14.9 Å². The molecule has 0 amide bonds. The van der Waals surface area contributed by atoms with Crippen molar-refractivity contribution in [2.75, 3.05) is 27.8 Å². The normalized spacial score (nSPS) is 11.2. The molecule has 1 aliphatic rings. The van der Waals surface area contributed by atoms with Crippen LogP contribution in [0.25, 0.3) is 17.2 Å². The van der Waals surface area contributed by atoms with E-state index >= 15 is 0 Å². The Kier molecular flexibility index (Phi) is 50.6. The quantitative estimate of drug-likeness (QED) is 0.0231. The number of hydrogen-bond donors (Lipinski definition) is 1. The van der Waals surface area contributed by atoms with Crippen LogP contribution in [0.4, 0.5) is 30.7 Å². The molecule has 0 radical (unpaired) electrons. The number of hydrogen-bond acceptors (Lipinski definition) is 9. The Bertz CT molecular complexity index is 5480. The average molecular weight is 1840 g/mol. The monoisotopic (exact) mass is 1840 g/mol. The Balaban J connectivity index is 0.000000504. The van der Waals surface area contributed by atoms with Gasteiger partial charge in [0.25, 0.3) is 0 Å². The first-order valence-corrected chi connectivity index (χ1v) is 46.1. The molecule has 2 N–H and O–H groups in total. The van der Waals surface area contributed by atoms with Gasteiger partial charge in [-0.2, -0.15) is 5.26 Å². The molecule has 0 spiro atoms. The molecular weight excluding hydrogens is 1690 g/mol. The smallest absolute Gasteiger partial charge is 0.340 e. The zero-order valence-corrected chi connectivity index (χ0v) is 85.3. The molecule has 0 bridgehead atoms. The first-order valence-electron chi connectivity index (χ1n) is 46.1. The summed E-state index contributed by atoms with van der Waals surface area (Å²) in [6, 6.07) is 58.2. The number of aryl methyl sites for hydroxylation is 2. The largest absolute Gasteiger partial charge is 0.494 e. The molecule has 10 aromatic carbocycles. The van der Waals surface area contributed by atoms with Crippen LogP contribution in [-0.4, -0.2) is 56.0 Å². The Morgan fingerprint density at radius 1 is 0.425 bits per heavy atom. The first kappa shape index (κ1) is 118. The second-order valence-electron chi connectivity index (χ2n) is 36.5. The fourth-order valence-electron chi connectivity index (χ4n) is 13.7. The summed E-state index contributed by atoms with van der Waals surface area (Å²) >= 11 is 0. The molecule has 0 aromatic heterocycles. The summed E-state index contributed by atoms with van der Waals surface area (Å²) in [7, 11) is 4.97. The lowest BCUT2D eigenvalue weighted by Gasteiger charge is -2.18. The van der Waals surface area contributed by atoms with Crippen LogP contribution in [0.1, 0.15) is 386 Å². The summed E-state index contributed by atoms with van der Waals surface area (Å²) in [5.41, 5.74) is 24.6. The van der Waals surface area contributed by atoms with E-state index in [1.165, 1.54) is 96.3 Å². The highest BCUT2D eigenvalue weighted by atomic mass is 19.2.